The van der Waals surface area contributed by atoms with E-state index in [4.69, 9.17) is 9.97 Å². The monoisotopic (exact) mass is 802 g/mol. The maximum absolute atomic E-state index is 5.37. The van der Waals surface area contributed by atoms with Crippen LogP contribution in [0.4, 0.5) is 0 Å². The van der Waals surface area contributed by atoms with Gasteiger partial charge in [0.15, 0.2) is 5.82 Å². The number of hydrogen-bond donors (Lipinski definition) is 0. The van der Waals surface area contributed by atoms with Crippen LogP contribution in [0.15, 0.2) is 218 Å². The smallest absolute Gasteiger partial charge is 0.160 e. The molecule has 2 heteroatoms. The van der Waals surface area contributed by atoms with E-state index in [1.807, 2.05) is 0 Å². The first-order chi connectivity index (χ1) is 31.0. The first kappa shape index (κ1) is 36.9. The summed E-state index contributed by atoms with van der Waals surface area (Å²) in [7, 11) is 0. The zero-order valence-corrected chi connectivity index (χ0v) is 35.2. The molecule has 1 heterocycles. The summed E-state index contributed by atoms with van der Waals surface area (Å²) in [6, 6.07) is 79.1. The normalized spacial score (nSPS) is 12.7. The van der Waals surface area contributed by atoms with Crippen molar-refractivity contribution < 1.29 is 0 Å². The second-order valence-electron chi connectivity index (χ2n) is 17.3. The summed E-state index contributed by atoms with van der Waals surface area (Å²) < 4.78 is 0. The van der Waals surface area contributed by atoms with Gasteiger partial charge in [0.05, 0.1) is 11.4 Å². The molecule has 0 aliphatic heterocycles. The van der Waals surface area contributed by atoms with Gasteiger partial charge in [-0.1, -0.05) is 208 Å². The number of fused-ring (bicyclic) bond motifs is 7. The van der Waals surface area contributed by atoms with Crippen molar-refractivity contribution in [2.75, 3.05) is 0 Å². The van der Waals surface area contributed by atoms with Crippen molar-refractivity contribution in [2.24, 2.45) is 0 Å². The van der Waals surface area contributed by atoms with E-state index in [9.17, 15) is 0 Å². The largest absolute Gasteiger partial charge is 0.228 e. The van der Waals surface area contributed by atoms with Crippen LogP contribution in [-0.2, 0) is 5.41 Å². The van der Waals surface area contributed by atoms with Gasteiger partial charge in [0, 0.05) is 22.1 Å². The quantitative estimate of drug-likeness (QED) is 0.124. The van der Waals surface area contributed by atoms with Gasteiger partial charge in [0.25, 0.3) is 0 Å². The van der Waals surface area contributed by atoms with Crippen molar-refractivity contribution in [3.8, 4) is 78.4 Å². The maximum atomic E-state index is 5.37. The lowest BCUT2D eigenvalue weighted by Crippen LogP contribution is -2.14. The molecule has 12 rings (SSSR count). The molecule has 0 saturated heterocycles. The zero-order valence-electron chi connectivity index (χ0n) is 35.2. The fourth-order valence-electron chi connectivity index (χ4n) is 10.1. The van der Waals surface area contributed by atoms with E-state index < -0.39 is 0 Å². The van der Waals surface area contributed by atoms with Crippen LogP contribution >= 0.6 is 0 Å². The summed E-state index contributed by atoms with van der Waals surface area (Å²) in [5.74, 6) is 0.688. The molecular weight excluding hydrogens is 761 g/mol. The molecule has 10 aromatic carbocycles. The lowest BCUT2D eigenvalue weighted by atomic mass is 9.81. The highest BCUT2D eigenvalue weighted by molar-refractivity contribution is 6.20. The lowest BCUT2D eigenvalue weighted by Gasteiger charge is -2.22. The van der Waals surface area contributed by atoms with Gasteiger partial charge in [0.1, 0.15) is 0 Å². The van der Waals surface area contributed by atoms with Crippen molar-refractivity contribution in [1.82, 2.24) is 9.97 Å². The molecule has 63 heavy (non-hydrogen) atoms. The topological polar surface area (TPSA) is 25.8 Å². The van der Waals surface area contributed by atoms with E-state index in [2.05, 4.69) is 232 Å². The molecule has 1 aliphatic carbocycles. The first-order valence-corrected chi connectivity index (χ1v) is 21.8. The molecule has 0 amide bonds. The summed E-state index contributed by atoms with van der Waals surface area (Å²) in [5, 5.41) is 7.49. The van der Waals surface area contributed by atoms with Crippen LogP contribution < -0.4 is 0 Å². The average Bonchev–Trinajstić information content (AvgIpc) is 3.58. The zero-order chi connectivity index (χ0) is 42.1. The Balaban J connectivity index is 0.999. The second-order valence-corrected chi connectivity index (χ2v) is 17.3. The molecule has 0 unspecified atom stereocenters. The third-order valence-corrected chi connectivity index (χ3v) is 13.3. The van der Waals surface area contributed by atoms with E-state index in [1.54, 1.807) is 0 Å². The second kappa shape index (κ2) is 14.6. The Hall–Kier alpha value is -7.94. The Morgan fingerprint density at radius 3 is 1.75 bits per heavy atom. The molecule has 1 aromatic heterocycles. The van der Waals surface area contributed by atoms with Gasteiger partial charge in [-0.25, -0.2) is 9.97 Å². The van der Waals surface area contributed by atoms with Crippen molar-refractivity contribution in [1.29, 1.82) is 0 Å². The summed E-state index contributed by atoms with van der Waals surface area (Å²) >= 11 is 0. The fourth-order valence-corrected chi connectivity index (χ4v) is 10.1. The fraction of sp³-hybridized carbons (Fsp3) is 0.0492. The minimum absolute atomic E-state index is 0.0766. The Kier molecular flexibility index (Phi) is 8.55. The van der Waals surface area contributed by atoms with E-state index in [0.717, 1.165) is 50.3 Å². The summed E-state index contributed by atoms with van der Waals surface area (Å²) in [6.07, 6.45) is 0. The van der Waals surface area contributed by atoms with Crippen LogP contribution in [0.25, 0.3) is 111 Å². The molecule has 0 atom stereocenters. The average molecular weight is 803 g/mol. The molecule has 0 spiro atoms. The van der Waals surface area contributed by atoms with Gasteiger partial charge < -0.3 is 0 Å². The van der Waals surface area contributed by atoms with Gasteiger partial charge >= 0.3 is 0 Å². The summed E-state index contributed by atoms with van der Waals surface area (Å²) in [5.41, 5.74) is 17.2. The molecule has 0 N–H and O–H groups in total. The van der Waals surface area contributed by atoms with Crippen LogP contribution in [-0.4, -0.2) is 9.97 Å². The highest BCUT2D eigenvalue weighted by atomic mass is 14.9. The minimum Gasteiger partial charge on any atom is -0.228 e. The van der Waals surface area contributed by atoms with Gasteiger partial charge in [-0.05, 0) is 112 Å². The van der Waals surface area contributed by atoms with E-state index in [1.165, 1.54) is 65.7 Å². The number of rotatable bonds is 6. The maximum Gasteiger partial charge on any atom is 0.160 e. The highest BCUT2D eigenvalue weighted by Crippen LogP contribution is 2.50. The third kappa shape index (κ3) is 6.17. The van der Waals surface area contributed by atoms with Crippen molar-refractivity contribution in [3.63, 3.8) is 0 Å². The van der Waals surface area contributed by atoms with E-state index in [-0.39, 0.29) is 5.41 Å². The van der Waals surface area contributed by atoms with Crippen LogP contribution in [0.5, 0.6) is 0 Å². The standard InChI is InChI=1S/C61H42N2/c1-61(2)55-26-13-12-24-50(55)51-33-32-44(37-56(51)61)43-19-14-20-46(35-43)57-38-58(52-25-11-10-21-47(52)39-15-4-3-5-16-39)63-60(62-57)42-29-27-41(28-30-42)59-49-23-9-7-18-45(49)36-54-48-22-8-6-17-40(48)31-34-53(54)59/h3-38H,1-2H3. The molecule has 0 saturated carbocycles. The Morgan fingerprint density at radius 1 is 0.302 bits per heavy atom. The van der Waals surface area contributed by atoms with Crippen LogP contribution in [0, 0.1) is 0 Å². The molecule has 1 aliphatic rings. The van der Waals surface area contributed by atoms with Gasteiger partial charge in [-0.15, -0.1) is 0 Å². The van der Waals surface area contributed by atoms with Gasteiger partial charge in [0.2, 0.25) is 0 Å². The van der Waals surface area contributed by atoms with Crippen molar-refractivity contribution in [2.45, 2.75) is 19.3 Å². The molecule has 0 fully saturated rings. The van der Waals surface area contributed by atoms with Gasteiger partial charge in [-0.3, -0.25) is 0 Å². The predicted octanol–water partition coefficient (Wildman–Crippen LogP) is 16.2. The molecular formula is C61H42N2. The number of nitrogens with zero attached hydrogens (tertiary/aromatic N) is 2. The predicted molar refractivity (Wildman–Crippen MR) is 265 cm³/mol. The number of benzene rings is 10. The first-order valence-electron chi connectivity index (χ1n) is 21.8. The molecule has 0 bridgehead atoms. The molecule has 11 aromatic rings. The third-order valence-electron chi connectivity index (χ3n) is 13.3. The molecule has 296 valence electrons. The van der Waals surface area contributed by atoms with Crippen molar-refractivity contribution >= 4 is 32.3 Å². The summed E-state index contributed by atoms with van der Waals surface area (Å²) in [4.78, 5) is 10.7. The SMILES string of the molecule is CC1(C)c2ccccc2-c2ccc(-c3cccc(-c4cc(-c5ccccc5-c5ccccc5)nc(-c5ccc(-c6c7ccccc7cc7c6ccc6ccccc67)cc5)n4)c3)cc21. The lowest BCUT2D eigenvalue weighted by molar-refractivity contribution is 0.660. The summed E-state index contributed by atoms with van der Waals surface area (Å²) in [6.45, 7) is 4.68. The Bertz CT molecular complexity index is 3580. The van der Waals surface area contributed by atoms with Crippen LogP contribution in [0.2, 0.25) is 0 Å². The molecule has 2 nitrogen and oxygen atoms in total. The van der Waals surface area contributed by atoms with Crippen LogP contribution in [0.3, 0.4) is 0 Å². The van der Waals surface area contributed by atoms with Crippen molar-refractivity contribution in [3.05, 3.63) is 230 Å². The minimum atomic E-state index is -0.0766. The molecule has 0 radical (unpaired) electrons. The van der Waals surface area contributed by atoms with E-state index in [0.29, 0.717) is 5.82 Å². The Morgan fingerprint density at radius 2 is 0.905 bits per heavy atom. The van der Waals surface area contributed by atoms with E-state index >= 15 is 0 Å². The highest BCUT2D eigenvalue weighted by Gasteiger charge is 2.35. The Labute approximate surface area is 367 Å². The number of hydrogen-bond acceptors (Lipinski definition) is 2. The van der Waals surface area contributed by atoms with Gasteiger partial charge in [-0.2, -0.15) is 0 Å². The number of aromatic nitrogens is 2. The van der Waals surface area contributed by atoms with Crippen LogP contribution in [0.1, 0.15) is 25.0 Å².